The van der Waals surface area contributed by atoms with Crippen molar-refractivity contribution in [3.8, 4) is 0 Å². The van der Waals surface area contributed by atoms with E-state index in [0.29, 0.717) is 6.61 Å². The summed E-state index contributed by atoms with van der Waals surface area (Å²) in [5.41, 5.74) is 3.01. The van der Waals surface area contributed by atoms with Crippen molar-refractivity contribution in [2.75, 3.05) is 24.1 Å². The predicted octanol–water partition coefficient (Wildman–Crippen LogP) is 3.65. The van der Waals surface area contributed by atoms with E-state index in [1.54, 1.807) is 4.90 Å². The molecule has 0 heterocycles. The van der Waals surface area contributed by atoms with Crippen molar-refractivity contribution >= 4 is 23.2 Å². The molecule has 3 nitrogen and oxygen atoms in total. The molecule has 0 aliphatic heterocycles. The summed E-state index contributed by atoms with van der Waals surface area (Å²) in [5.74, 6) is -0.166. The second kappa shape index (κ2) is 8.18. The van der Waals surface area contributed by atoms with Crippen LogP contribution in [0.15, 0.2) is 18.2 Å². The second-order valence-corrected chi connectivity index (χ2v) is 4.85. The van der Waals surface area contributed by atoms with Gasteiger partial charge in [0, 0.05) is 6.61 Å². The van der Waals surface area contributed by atoms with Gasteiger partial charge < -0.3 is 4.74 Å². The first-order valence-corrected chi connectivity index (χ1v) is 7.15. The molecule has 0 bridgehead atoms. The number of nitrogens with zero attached hydrogens (tertiary/aromatic N) is 1. The maximum atomic E-state index is 12.0. The van der Waals surface area contributed by atoms with Crippen LogP contribution in [-0.4, -0.2) is 25.1 Å². The first kappa shape index (κ1) is 16.0. The highest BCUT2D eigenvalue weighted by atomic mass is 35.5. The van der Waals surface area contributed by atoms with E-state index in [2.05, 4.69) is 6.92 Å². The highest BCUT2D eigenvalue weighted by Crippen LogP contribution is 2.24. The number of benzene rings is 1. The summed E-state index contributed by atoms with van der Waals surface area (Å²) < 4.78 is 5.57. The van der Waals surface area contributed by atoms with Gasteiger partial charge in [0.15, 0.2) is 0 Å². The number of para-hydroxylation sites is 1. The minimum absolute atomic E-state index is 0.0368. The van der Waals surface area contributed by atoms with Crippen LogP contribution >= 0.6 is 11.6 Å². The summed E-state index contributed by atoms with van der Waals surface area (Å²) >= 11 is 5.69. The fraction of sp³-hybridized carbons (Fsp3) is 0.533. The van der Waals surface area contributed by atoms with Gasteiger partial charge >= 0.3 is 0 Å². The first-order chi connectivity index (χ1) is 9.11. The third-order valence-electron chi connectivity index (χ3n) is 2.99. The van der Waals surface area contributed by atoms with E-state index in [9.17, 15) is 4.79 Å². The number of alkyl halides is 1. The number of aryl methyl sites for hydroxylation is 2. The third kappa shape index (κ3) is 4.51. The van der Waals surface area contributed by atoms with Crippen LogP contribution in [0.3, 0.4) is 0 Å². The van der Waals surface area contributed by atoms with Crippen LogP contribution in [0.5, 0.6) is 0 Å². The summed E-state index contributed by atoms with van der Waals surface area (Å²) in [6.07, 6.45) is 2.07. The Morgan fingerprint density at radius 3 is 2.47 bits per heavy atom. The summed E-state index contributed by atoms with van der Waals surface area (Å²) in [4.78, 5) is 13.6. The molecule has 1 aromatic rings. The Labute approximate surface area is 120 Å². The zero-order valence-corrected chi connectivity index (χ0v) is 12.7. The molecule has 106 valence electrons. The van der Waals surface area contributed by atoms with Gasteiger partial charge in [0.1, 0.15) is 12.6 Å². The quantitative estimate of drug-likeness (QED) is 0.434. The molecule has 1 amide bonds. The molecule has 0 atom stereocenters. The normalized spacial score (nSPS) is 10.5. The largest absolute Gasteiger partial charge is 0.361 e. The Kier molecular flexibility index (Phi) is 6.89. The van der Waals surface area contributed by atoms with Gasteiger partial charge in [-0.2, -0.15) is 0 Å². The summed E-state index contributed by atoms with van der Waals surface area (Å²) in [7, 11) is 0. The lowest BCUT2D eigenvalue weighted by molar-refractivity contribution is -0.117. The van der Waals surface area contributed by atoms with Gasteiger partial charge in [-0.3, -0.25) is 9.69 Å². The smallest absolute Gasteiger partial charge is 0.243 e. The zero-order chi connectivity index (χ0) is 14.3. The van der Waals surface area contributed by atoms with Crippen molar-refractivity contribution < 1.29 is 9.53 Å². The molecule has 0 saturated carbocycles. The number of unbranched alkanes of at least 4 members (excludes halogenated alkanes) is 1. The van der Waals surface area contributed by atoms with E-state index in [4.69, 9.17) is 16.3 Å². The number of anilines is 1. The number of amides is 1. The average Bonchev–Trinajstić information content (AvgIpc) is 2.40. The molecule has 1 rings (SSSR count). The monoisotopic (exact) mass is 283 g/mol. The fourth-order valence-electron chi connectivity index (χ4n) is 1.97. The molecule has 0 aromatic heterocycles. The highest BCUT2D eigenvalue weighted by molar-refractivity contribution is 6.29. The lowest BCUT2D eigenvalue weighted by Gasteiger charge is -2.25. The van der Waals surface area contributed by atoms with E-state index in [1.165, 1.54) is 0 Å². The number of carbonyl (C=O) groups is 1. The van der Waals surface area contributed by atoms with Crippen LogP contribution in [0, 0.1) is 13.8 Å². The number of carbonyl (C=O) groups excluding carboxylic acids is 1. The second-order valence-electron chi connectivity index (χ2n) is 4.59. The SMILES string of the molecule is CCCCOCN(C(=O)CCl)c1c(C)cccc1C. The van der Waals surface area contributed by atoms with Crippen LogP contribution in [0.25, 0.3) is 0 Å². The van der Waals surface area contributed by atoms with Gasteiger partial charge in [0.05, 0.1) is 5.69 Å². The maximum absolute atomic E-state index is 12.0. The van der Waals surface area contributed by atoms with E-state index >= 15 is 0 Å². The lowest BCUT2D eigenvalue weighted by Crippen LogP contribution is -2.35. The van der Waals surface area contributed by atoms with E-state index in [1.807, 2.05) is 32.0 Å². The summed E-state index contributed by atoms with van der Waals surface area (Å²) in [5, 5.41) is 0. The topological polar surface area (TPSA) is 29.5 Å². The Morgan fingerprint density at radius 2 is 1.95 bits per heavy atom. The van der Waals surface area contributed by atoms with Crippen molar-refractivity contribution in [3.05, 3.63) is 29.3 Å². The Morgan fingerprint density at radius 1 is 1.32 bits per heavy atom. The molecule has 0 aliphatic rings. The zero-order valence-electron chi connectivity index (χ0n) is 11.9. The van der Waals surface area contributed by atoms with Crippen molar-refractivity contribution in [2.24, 2.45) is 0 Å². The minimum atomic E-state index is -0.129. The van der Waals surface area contributed by atoms with Crippen molar-refractivity contribution in [1.82, 2.24) is 0 Å². The number of hydrogen-bond acceptors (Lipinski definition) is 2. The average molecular weight is 284 g/mol. The van der Waals surface area contributed by atoms with E-state index in [-0.39, 0.29) is 18.5 Å². The summed E-state index contributed by atoms with van der Waals surface area (Å²) in [6, 6.07) is 5.96. The Hall–Kier alpha value is -1.06. The molecule has 1 aromatic carbocycles. The molecule has 0 radical (unpaired) electrons. The van der Waals surface area contributed by atoms with Gasteiger partial charge in [-0.1, -0.05) is 31.5 Å². The molecular formula is C15H22ClNO2. The van der Waals surface area contributed by atoms with Crippen LogP contribution < -0.4 is 4.90 Å². The van der Waals surface area contributed by atoms with Crippen LogP contribution in [0.1, 0.15) is 30.9 Å². The maximum Gasteiger partial charge on any atom is 0.243 e. The van der Waals surface area contributed by atoms with E-state index in [0.717, 1.165) is 29.7 Å². The Balaban J connectivity index is 2.87. The molecule has 4 heteroatoms. The van der Waals surface area contributed by atoms with Crippen molar-refractivity contribution in [2.45, 2.75) is 33.6 Å². The van der Waals surface area contributed by atoms with Crippen molar-refractivity contribution in [1.29, 1.82) is 0 Å². The number of ether oxygens (including phenoxy) is 1. The predicted molar refractivity (Wildman–Crippen MR) is 79.8 cm³/mol. The van der Waals surface area contributed by atoms with Crippen LogP contribution in [0.2, 0.25) is 0 Å². The fourth-order valence-corrected chi connectivity index (χ4v) is 2.11. The molecule has 0 saturated heterocycles. The lowest BCUT2D eigenvalue weighted by atomic mass is 10.1. The van der Waals surface area contributed by atoms with Gasteiger partial charge in [-0.25, -0.2) is 0 Å². The standard InChI is InChI=1S/C15H22ClNO2/c1-4-5-9-19-11-17(14(18)10-16)15-12(2)7-6-8-13(15)3/h6-8H,4-5,9-11H2,1-3H3. The summed E-state index contributed by atoms with van der Waals surface area (Å²) in [6.45, 7) is 7.01. The Bertz CT molecular complexity index is 400. The number of hydrogen-bond donors (Lipinski definition) is 0. The van der Waals surface area contributed by atoms with Crippen LogP contribution in [-0.2, 0) is 9.53 Å². The molecule has 0 spiro atoms. The number of rotatable bonds is 7. The minimum Gasteiger partial charge on any atom is -0.361 e. The van der Waals surface area contributed by atoms with Crippen molar-refractivity contribution in [3.63, 3.8) is 0 Å². The van der Waals surface area contributed by atoms with Crippen LogP contribution in [0.4, 0.5) is 5.69 Å². The molecule has 0 unspecified atom stereocenters. The molecular weight excluding hydrogens is 262 g/mol. The van der Waals surface area contributed by atoms with Gasteiger partial charge in [-0.15, -0.1) is 11.6 Å². The van der Waals surface area contributed by atoms with Gasteiger partial charge in [-0.05, 0) is 31.4 Å². The van der Waals surface area contributed by atoms with E-state index < -0.39 is 0 Å². The van der Waals surface area contributed by atoms with Gasteiger partial charge in [0.2, 0.25) is 5.91 Å². The number of halogens is 1. The molecule has 0 aliphatic carbocycles. The molecule has 19 heavy (non-hydrogen) atoms. The third-order valence-corrected chi connectivity index (χ3v) is 3.22. The molecule has 0 N–H and O–H groups in total. The van der Waals surface area contributed by atoms with Gasteiger partial charge in [0.25, 0.3) is 0 Å². The molecule has 0 fully saturated rings. The highest BCUT2D eigenvalue weighted by Gasteiger charge is 2.18. The first-order valence-electron chi connectivity index (χ1n) is 6.62.